The van der Waals surface area contributed by atoms with Crippen LogP contribution in [0.5, 0.6) is 0 Å². The van der Waals surface area contributed by atoms with Crippen LogP contribution in [0.25, 0.3) is 11.0 Å². The molecule has 2 aromatic carbocycles. The van der Waals surface area contributed by atoms with Gasteiger partial charge in [0.2, 0.25) is 5.91 Å². The van der Waals surface area contributed by atoms with Gasteiger partial charge in [-0.05, 0) is 30.5 Å². The number of hydrogen-bond acceptors (Lipinski definition) is 2. The Morgan fingerprint density at radius 3 is 2.88 bits per heavy atom. The summed E-state index contributed by atoms with van der Waals surface area (Å²) in [7, 11) is 0. The third-order valence-corrected chi connectivity index (χ3v) is 4.96. The molecule has 122 valence electrons. The maximum absolute atomic E-state index is 12.7. The number of amides is 1. The molecule has 3 heteroatoms. The average Bonchev–Trinajstić information content (AvgIpc) is 3.23. The van der Waals surface area contributed by atoms with Gasteiger partial charge in [-0.15, -0.1) is 0 Å². The molecule has 3 aromatic rings. The minimum absolute atomic E-state index is 0.191. The lowest BCUT2D eigenvalue weighted by molar-refractivity contribution is -0.129. The van der Waals surface area contributed by atoms with E-state index in [9.17, 15) is 4.79 Å². The number of carbonyl (C=O) groups is 1. The van der Waals surface area contributed by atoms with Crippen molar-refractivity contribution >= 4 is 16.9 Å². The Balaban J connectivity index is 1.46. The third-order valence-electron chi connectivity index (χ3n) is 4.96. The first-order valence-electron chi connectivity index (χ1n) is 8.50. The van der Waals surface area contributed by atoms with Crippen molar-refractivity contribution in [2.75, 3.05) is 13.1 Å². The van der Waals surface area contributed by atoms with Crippen molar-refractivity contribution in [3.05, 3.63) is 71.5 Å². The predicted octanol–water partition coefficient (Wildman–Crippen LogP) is 4.30. The molecule has 0 bridgehead atoms. The SMILES string of the molecule is Cc1ccc2c(CC(=O)N3CCC(c4ccccc4)C3)coc2c1. The van der Waals surface area contributed by atoms with Crippen LogP contribution in [-0.2, 0) is 11.2 Å². The van der Waals surface area contributed by atoms with Crippen LogP contribution in [-0.4, -0.2) is 23.9 Å². The smallest absolute Gasteiger partial charge is 0.227 e. The number of fused-ring (bicyclic) bond motifs is 1. The molecule has 0 N–H and O–H groups in total. The van der Waals surface area contributed by atoms with Gasteiger partial charge in [-0.1, -0.05) is 42.5 Å². The topological polar surface area (TPSA) is 33.5 Å². The van der Waals surface area contributed by atoms with Crippen molar-refractivity contribution in [2.45, 2.75) is 25.7 Å². The maximum atomic E-state index is 12.7. The molecule has 0 aliphatic carbocycles. The summed E-state index contributed by atoms with van der Waals surface area (Å²) in [5.74, 6) is 0.649. The molecule has 1 aromatic heterocycles. The normalized spacial score (nSPS) is 17.5. The summed E-state index contributed by atoms with van der Waals surface area (Å²) >= 11 is 0. The van der Waals surface area contributed by atoms with Crippen LogP contribution in [0.2, 0.25) is 0 Å². The van der Waals surface area contributed by atoms with Crippen molar-refractivity contribution in [3.8, 4) is 0 Å². The Morgan fingerprint density at radius 2 is 2.04 bits per heavy atom. The van der Waals surface area contributed by atoms with E-state index in [4.69, 9.17) is 4.42 Å². The van der Waals surface area contributed by atoms with Crippen LogP contribution >= 0.6 is 0 Å². The number of benzene rings is 2. The minimum atomic E-state index is 0.191. The number of nitrogens with zero attached hydrogens (tertiary/aromatic N) is 1. The number of aryl methyl sites for hydroxylation is 1. The van der Waals surface area contributed by atoms with E-state index in [1.807, 2.05) is 30.0 Å². The Kier molecular flexibility index (Phi) is 3.85. The van der Waals surface area contributed by atoms with Crippen LogP contribution in [0.1, 0.15) is 29.0 Å². The van der Waals surface area contributed by atoms with Crippen LogP contribution in [0, 0.1) is 6.92 Å². The molecule has 1 aliphatic heterocycles. The molecule has 1 unspecified atom stereocenters. The second kappa shape index (κ2) is 6.16. The second-order valence-electron chi connectivity index (χ2n) is 6.67. The quantitative estimate of drug-likeness (QED) is 0.721. The van der Waals surface area contributed by atoms with Crippen LogP contribution < -0.4 is 0 Å². The van der Waals surface area contributed by atoms with Gasteiger partial charge in [-0.3, -0.25) is 4.79 Å². The van der Waals surface area contributed by atoms with Gasteiger partial charge < -0.3 is 9.32 Å². The van der Waals surface area contributed by atoms with E-state index in [2.05, 4.69) is 30.3 Å². The van der Waals surface area contributed by atoms with Crippen LogP contribution in [0.4, 0.5) is 0 Å². The molecule has 3 nitrogen and oxygen atoms in total. The highest BCUT2D eigenvalue weighted by atomic mass is 16.3. The number of hydrogen-bond donors (Lipinski definition) is 0. The van der Waals surface area contributed by atoms with E-state index in [0.29, 0.717) is 12.3 Å². The third kappa shape index (κ3) is 2.82. The van der Waals surface area contributed by atoms with E-state index in [1.165, 1.54) is 11.1 Å². The van der Waals surface area contributed by atoms with Crippen molar-refractivity contribution in [2.24, 2.45) is 0 Å². The Bertz CT molecular complexity index is 866. The highest BCUT2D eigenvalue weighted by Crippen LogP contribution is 2.28. The maximum Gasteiger partial charge on any atom is 0.227 e. The van der Waals surface area contributed by atoms with Crippen molar-refractivity contribution in [1.29, 1.82) is 0 Å². The first-order chi connectivity index (χ1) is 11.7. The summed E-state index contributed by atoms with van der Waals surface area (Å²) in [6, 6.07) is 16.6. The van der Waals surface area contributed by atoms with Crippen molar-refractivity contribution < 1.29 is 9.21 Å². The first-order valence-corrected chi connectivity index (χ1v) is 8.50. The largest absolute Gasteiger partial charge is 0.464 e. The molecular weight excluding hydrogens is 298 g/mol. The molecule has 2 heterocycles. The zero-order valence-electron chi connectivity index (χ0n) is 13.9. The van der Waals surface area contributed by atoms with Crippen molar-refractivity contribution in [1.82, 2.24) is 4.90 Å². The summed E-state index contributed by atoms with van der Waals surface area (Å²) in [6.07, 6.45) is 3.19. The highest BCUT2D eigenvalue weighted by Gasteiger charge is 2.27. The molecule has 24 heavy (non-hydrogen) atoms. The lowest BCUT2D eigenvalue weighted by Crippen LogP contribution is -2.29. The van der Waals surface area contributed by atoms with E-state index >= 15 is 0 Å². The van der Waals surface area contributed by atoms with Gasteiger partial charge in [0.15, 0.2) is 0 Å². The number of likely N-dealkylation sites (tertiary alicyclic amines) is 1. The van der Waals surface area contributed by atoms with Gasteiger partial charge in [0.05, 0.1) is 12.7 Å². The summed E-state index contributed by atoms with van der Waals surface area (Å²) in [5.41, 5.74) is 4.34. The first kappa shape index (κ1) is 15.0. The highest BCUT2D eigenvalue weighted by molar-refractivity contribution is 5.88. The molecule has 4 rings (SSSR count). The summed E-state index contributed by atoms with van der Waals surface area (Å²) in [6.45, 7) is 3.70. The summed E-state index contributed by atoms with van der Waals surface area (Å²) in [4.78, 5) is 14.7. The van der Waals surface area contributed by atoms with Gasteiger partial charge in [0, 0.05) is 30.0 Å². The molecule has 1 saturated heterocycles. The Hall–Kier alpha value is -2.55. The molecule has 0 spiro atoms. The van der Waals surface area contributed by atoms with Gasteiger partial charge in [-0.2, -0.15) is 0 Å². The molecule has 1 amide bonds. The minimum Gasteiger partial charge on any atom is -0.464 e. The fraction of sp³-hybridized carbons (Fsp3) is 0.286. The molecule has 1 atom stereocenters. The van der Waals surface area contributed by atoms with Crippen LogP contribution in [0.3, 0.4) is 0 Å². The molecular formula is C21H21NO2. The molecule has 0 radical (unpaired) electrons. The zero-order chi connectivity index (χ0) is 16.5. The molecule has 0 saturated carbocycles. The van der Waals surface area contributed by atoms with Gasteiger partial charge in [-0.25, -0.2) is 0 Å². The zero-order valence-corrected chi connectivity index (χ0v) is 13.9. The van der Waals surface area contributed by atoms with Crippen LogP contribution in [0.15, 0.2) is 59.2 Å². The lowest BCUT2D eigenvalue weighted by atomic mass is 9.99. The second-order valence-corrected chi connectivity index (χ2v) is 6.67. The molecule has 1 fully saturated rings. The number of rotatable bonds is 3. The molecule has 1 aliphatic rings. The summed E-state index contributed by atoms with van der Waals surface area (Å²) < 4.78 is 5.61. The Labute approximate surface area is 141 Å². The van der Waals surface area contributed by atoms with E-state index in [0.717, 1.165) is 36.0 Å². The fourth-order valence-electron chi connectivity index (χ4n) is 3.59. The van der Waals surface area contributed by atoms with Gasteiger partial charge >= 0.3 is 0 Å². The number of furan rings is 1. The summed E-state index contributed by atoms with van der Waals surface area (Å²) in [5, 5.41) is 1.05. The van der Waals surface area contributed by atoms with Gasteiger partial charge in [0.25, 0.3) is 0 Å². The average molecular weight is 319 g/mol. The predicted molar refractivity (Wildman–Crippen MR) is 95.0 cm³/mol. The van der Waals surface area contributed by atoms with E-state index < -0.39 is 0 Å². The number of carbonyl (C=O) groups excluding carboxylic acids is 1. The fourth-order valence-corrected chi connectivity index (χ4v) is 3.59. The standard InChI is InChI=1S/C21H21NO2/c1-15-7-8-19-18(14-24-20(19)11-15)12-21(23)22-10-9-17(13-22)16-5-3-2-4-6-16/h2-8,11,14,17H,9-10,12-13H2,1H3. The van der Waals surface area contributed by atoms with E-state index in [-0.39, 0.29) is 5.91 Å². The lowest BCUT2D eigenvalue weighted by Gasteiger charge is -2.16. The van der Waals surface area contributed by atoms with Gasteiger partial charge in [0.1, 0.15) is 5.58 Å². The van der Waals surface area contributed by atoms with Crippen molar-refractivity contribution in [3.63, 3.8) is 0 Å². The Morgan fingerprint density at radius 1 is 1.21 bits per heavy atom. The monoisotopic (exact) mass is 319 g/mol. The van der Waals surface area contributed by atoms with E-state index in [1.54, 1.807) is 6.26 Å².